The molecule has 4 nitrogen and oxygen atoms in total. The molecule has 1 aromatic carbocycles. The second kappa shape index (κ2) is 7.29. The minimum Gasteiger partial charge on any atom is -0.409 e. The van der Waals surface area contributed by atoms with Crippen molar-refractivity contribution in [2.75, 3.05) is 6.54 Å². The Balaban J connectivity index is 2.24. The van der Waals surface area contributed by atoms with Crippen molar-refractivity contribution in [3.8, 4) is 0 Å². The Bertz CT molecular complexity index is 427. The van der Waals surface area contributed by atoms with E-state index in [1.54, 1.807) is 0 Å². The van der Waals surface area contributed by atoms with Crippen LogP contribution in [0.4, 0.5) is 0 Å². The third-order valence-electron chi connectivity index (χ3n) is 4.27. The largest absolute Gasteiger partial charge is 0.409 e. The molecule has 2 rings (SSSR count). The van der Waals surface area contributed by atoms with Crippen LogP contribution in [0.1, 0.15) is 50.6 Å². The van der Waals surface area contributed by atoms with Crippen molar-refractivity contribution in [2.45, 2.75) is 51.1 Å². The first kappa shape index (κ1) is 14.9. The first-order chi connectivity index (χ1) is 9.76. The Labute approximate surface area is 121 Å². The standard InChI is InChI=1S/C16H25N3O/c1-2-19(14-10-6-7-11-14)15(12-16(17)18-20)13-8-4-3-5-9-13/h3-5,8-9,14-15,20H,2,6-7,10-12H2,1H3,(H2,17,18). The SMILES string of the molecule is CCN(C1CCCC1)C(CC(N)=NO)c1ccccc1. The fourth-order valence-electron chi connectivity index (χ4n) is 3.31. The van der Waals surface area contributed by atoms with Crippen LogP contribution in [0.5, 0.6) is 0 Å². The molecule has 0 amide bonds. The van der Waals surface area contributed by atoms with E-state index >= 15 is 0 Å². The zero-order valence-corrected chi connectivity index (χ0v) is 12.2. The molecule has 1 atom stereocenters. The maximum Gasteiger partial charge on any atom is 0.141 e. The average Bonchev–Trinajstić information content (AvgIpc) is 3.02. The minimum atomic E-state index is 0.195. The Morgan fingerprint density at radius 2 is 2.00 bits per heavy atom. The van der Waals surface area contributed by atoms with Crippen molar-refractivity contribution in [3.63, 3.8) is 0 Å². The summed E-state index contributed by atoms with van der Waals surface area (Å²) < 4.78 is 0. The Morgan fingerprint density at radius 1 is 1.35 bits per heavy atom. The monoisotopic (exact) mass is 275 g/mol. The average molecular weight is 275 g/mol. The van der Waals surface area contributed by atoms with Gasteiger partial charge >= 0.3 is 0 Å². The van der Waals surface area contributed by atoms with Gasteiger partial charge in [-0.25, -0.2) is 0 Å². The van der Waals surface area contributed by atoms with Crippen molar-refractivity contribution in [3.05, 3.63) is 35.9 Å². The molecule has 4 heteroatoms. The molecule has 1 saturated carbocycles. The van der Waals surface area contributed by atoms with Gasteiger partial charge in [0.1, 0.15) is 5.84 Å². The number of oxime groups is 1. The highest BCUT2D eigenvalue weighted by Gasteiger charge is 2.29. The van der Waals surface area contributed by atoms with E-state index in [9.17, 15) is 0 Å². The van der Waals surface area contributed by atoms with E-state index < -0.39 is 0 Å². The predicted octanol–water partition coefficient (Wildman–Crippen LogP) is 3.13. The number of rotatable bonds is 6. The summed E-state index contributed by atoms with van der Waals surface area (Å²) in [7, 11) is 0. The van der Waals surface area contributed by atoms with Gasteiger partial charge in [0, 0.05) is 18.5 Å². The van der Waals surface area contributed by atoms with E-state index in [4.69, 9.17) is 10.9 Å². The van der Waals surface area contributed by atoms with Gasteiger partial charge < -0.3 is 10.9 Å². The second-order valence-electron chi connectivity index (χ2n) is 5.49. The van der Waals surface area contributed by atoms with Gasteiger partial charge in [0.15, 0.2) is 0 Å². The fourth-order valence-corrected chi connectivity index (χ4v) is 3.31. The van der Waals surface area contributed by atoms with E-state index in [1.165, 1.54) is 31.2 Å². The zero-order valence-electron chi connectivity index (χ0n) is 12.2. The van der Waals surface area contributed by atoms with Gasteiger partial charge in [-0.05, 0) is 24.9 Å². The fraction of sp³-hybridized carbons (Fsp3) is 0.562. The van der Waals surface area contributed by atoms with Crippen LogP contribution in [0.2, 0.25) is 0 Å². The molecule has 3 N–H and O–H groups in total. The summed E-state index contributed by atoms with van der Waals surface area (Å²) in [6.07, 6.45) is 5.71. The summed E-state index contributed by atoms with van der Waals surface area (Å²) in [4.78, 5) is 2.51. The van der Waals surface area contributed by atoms with Crippen LogP contribution in [0.3, 0.4) is 0 Å². The molecular formula is C16H25N3O. The number of nitrogens with two attached hydrogens (primary N) is 1. The lowest BCUT2D eigenvalue weighted by Crippen LogP contribution is -2.38. The Morgan fingerprint density at radius 3 is 2.55 bits per heavy atom. The van der Waals surface area contributed by atoms with E-state index in [1.807, 2.05) is 6.07 Å². The van der Waals surface area contributed by atoms with Crippen LogP contribution >= 0.6 is 0 Å². The number of hydrogen-bond donors (Lipinski definition) is 2. The van der Waals surface area contributed by atoms with Gasteiger partial charge in [0.25, 0.3) is 0 Å². The molecule has 0 aromatic heterocycles. The topological polar surface area (TPSA) is 61.8 Å². The highest BCUT2D eigenvalue weighted by molar-refractivity contribution is 5.80. The minimum absolute atomic E-state index is 0.195. The van der Waals surface area contributed by atoms with Gasteiger partial charge in [0.05, 0.1) is 0 Å². The highest BCUT2D eigenvalue weighted by atomic mass is 16.4. The van der Waals surface area contributed by atoms with Crippen LogP contribution < -0.4 is 5.73 Å². The van der Waals surface area contributed by atoms with E-state index in [2.05, 4.69) is 41.2 Å². The molecule has 1 aliphatic carbocycles. The highest BCUT2D eigenvalue weighted by Crippen LogP contribution is 2.32. The van der Waals surface area contributed by atoms with E-state index in [0.29, 0.717) is 18.3 Å². The van der Waals surface area contributed by atoms with Crippen molar-refractivity contribution in [1.29, 1.82) is 0 Å². The third-order valence-corrected chi connectivity index (χ3v) is 4.27. The summed E-state index contributed by atoms with van der Waals surface area (Å²) in [5.74, 6) is 0.301. The van der Waals surface area contributed by atoms with Gasteiger partial charge in [-0.2, -0.15) is 0 Å². The number of amidine groups is 1. The summed E-state index contributed by atoms with van der Waals surface area (Å²) >= 11 is 0. The lowest BCUT2D eigenvalue weighted by atomic mass is 9.99. The van der Waals surface area contributed by atoms with Crippen molar-refractivity contribution >= 4 is 5.84 Å². The summed E-state index contributed by atoms with van der Waals surface area (Å²) in [5, 5.41) is 12.1. The molecule has 1 unspecified atom stereocenters. The molecule has 0 saturated heterocycles. The molecule has 0 spiro atoms. The lowest BCUT2D eigenvalue weighted by Gasteiger charge is -2.35. The van der Waals surface area contributed by atoms with Gasteiger partial charge in [-0.1, -0.05) is 55.3 Å². The number of benzene rings is 1. The summed E-state index contributed by atoms with van der Waals surface area (Å²) in [6.45, 7) is 3.18. The van der Waals surface area contributed by atoms with Crippen LogP contribution in [0.15, 0.2) is 35.5 Å². The van der Waals surface area contributed by atoms with Gasteiger partial charge in [0.2, 0.25) is 0 Å². The molecule has 20 heavy (non-hydrogen) atoms. The van der Waals surface area contributed by atoms with Crippen LogP contribution in [0.25, 0.3) is 0 Å². The molecule has 110 valence electrons. The molecule has 0 bridgehead atoms. The summed E-state index contributed by atoms with van der Waals surface area (Å²) in [5.41, 5.74) is 7.02. The first-order valence-corrected chi connectivity index (χ1v) is 7.53. The third kappa shape index (κ3) is 3.51. The van der Waals surface area contributed by atoms with Gasteiger partial charge in [-0.3, -0.25) is 4.90 Å². The quantitative estimate of drug-likeness (QED) is 0.363. The maximum absolute atomic E-state index is 8.89. The van der Waals surface area contributed by atoms with Crippen LogP contribution in [-0.2, 0) is 0 Å². The first-order valence-electron chi connectivity index (χ1n) is 7.53. The molecule has 1 aliphatic rings. The lowest BCUT2D eigenvalue weighted by molar-refractivity contribution is 0.145. The summed E-state index contributed by atoms with van der Waals surface area (Å²) in [6, 6.07) is 11.2. The van der Waals surface area contributed by atoms with Crippen molar-refractivity contribution < 1.29 is 5.21 Å². The molecular weight excluding hydrogens is 250 g/mol. The zero-order chi connectivity index (χ0) is 14.4. The Kier molecular flexibility index (Phi) is 5.41. The normalized spacial score (nSPS) is 18.6. The van der Waals surface area contributed by atoms with Crippen LogP contribution in [-0.4, -0.2) is 28.5 Å². The molecule has 0 radical (unpaired) electrons. The van der Waals surface area contributed by atoms with Gasteiger partial charge in [-0.15, -0.1) is 0 Å². The smallest absolute Gasteiger partial charge is 0.141 e. The molecule has 0 heterocycles. The molecule has 1 aromatic rings. The maximum atomic E-state index is 8.89. The number of hydrogen-bond acceptors (Lipinski definition) is 3. The van der Waals surface area contributed by atoms with Crippen molar-refractivity contribution in [1.82, 2.24) is 4.90 Å². The second-order valence-corrected chi connectivity index (χ2v) is 5.49. The Hall–Kier alpha value is -1.55. The van der Waals surface area contributed by atoms with Crippen LogP contribution in [0, 0.1) is 0 Å². The predicted molar refractivity (Wildman–Crippen MR) is 81.8 cm³/mol. The molecule has 1 fully saturated rings. The van der Waals surface area contributed by atoms with E-state index in [0.717, 1.165) is 6.54 Å². The van der Waals surface area contributed by atoms with E-state index in [-0.39, 0.29) is 6.04 Å². The van der Waals surface area contributed by atoms with Crippen molar-refractivity contribution in [2.24, 2.45) is 10.9 Å². The number of nitrogens with zero attached hydrogens (tertiary/aromatic N) is 2. The molecule has 0 aliphatic heterocycles.